The summed E-state index contributed by atoms with van der Waals surface area (Å²) < 4.78 is 0. The molecule has 0 saturated heterocycles. The second-order valence-electron chi connectivity index (χ2n) is 4.77. The third-order valence-corrected chi connectivity index (χ3v) is 4.04. The monoisotopic (exact) mass is 382 g/mol. The van der Waals surface area contributed by atoms with E-state index in [1.165, 1.54) is 12.3 Å². The lowest BCUT2D eigenvalue weighted by Crippen LogP contribution is -2.26. The number of anilines is 1. The van der Waals surface area contributed by atoms with Crippen LogP contribution in [0, 0.1) is 10.1 Å². The molecule has 0 amide bonds. The quantitative estimate of drug-likeness (QED) is 0.307. The number of nitro groups is 1. The van der Waals surface area contributed by atoms with Crippen LogP contribution in [-0.2, 0) is 6.54 Å². The number of hydrogen-bond acceptors (Lipinski definition) is 6. The molecule has 24 heavy (non-hydrogen) atoms. The first kappa shape index (κ1) is 18.3. The molecule has 1 aromatic heterocycles. The number of aliphatic imine (C=N–C) groups is 1. The van der Waals surface area contributed by atoms with Crippen molar-refractivity contribution in [3.8, 4) is 0 Å². The van der Waals surface area contributed by atoms with Gasteiger partial charge in [-0.15, -0.1) is 0 Å². The number of isothiocyanates is 1. The summed E-state index contributed by atoms with van der Waals surface area (Å²) in [4.78, 5) is 20.2. The van der Waals surface area contributed by atoms with Crippen molar-refractivity contribution in [3.63, 3.8) is 0 Å². The van der Waals surface area contributed by atoms with E-state index in [0.29, 0.717) is 35.5 Å². The highest BCUT2D eigenvalue weighted by Gasteiger charge is 2.12. The van der Waals surface area contributed by atoms with Crippen LogP contribution >= 0.6 is 35.4 Å². The lowest BCUT2D eigenvalue weighted by atomic mass is 10.2. The highest BCUT2D eigenvalue weighted by Crippen LogP contribution is 2.24. The Kier molecular flexibility index (Phi) is 6.63. The molecule has 2 rings (SSSR count). The maximum absolute atomic E-state index is 10.7. The van der Waals surface area contributed by atoms with Crippen molar-refractivity contribution < 1.29 is 4.92 Å². The minimum atomic E-state index is -0.490. The highest BCUT2D eigenvalue weighted by atomic mass is 35.5. The molecule has 124 valence electrons. The first-order chi connectivity index (χ1) is 11.5. The zero-order chi connectivity index (χ0) is 17.5. The Morgan fingerprint density at radius 1 is 1.29 bits per heavy atom. The number of rotatable bonds is 7. The van der Waals surface area contributed by atoms with Gasteiger partial charge in [-0.25, -0.2) is 9.98 Å². The third kappa shape index (κ3) is 4.97. The number of pyridine rings is 1. The van der Waals surface area contributed by atoms with Gasteiger partial charge in [-0.3, -0.25) is 10.1 Å². The molecule has 0 aliphatic carbocycles. The van der Waals surface area contributed by atoms with Crippen LogP contribution in [0.25, 0.3) is 0 Å². The van der Waals surface area contributed by atoms with Crippen molar-refractivity contribution in [1.29, 1.82) is 0 Å². The van der Waals surface area contributed by atoms with E-state index in [-0.39, 0.29) is 5.69 Å². The van der Waals surface area contributed by atoms with Crippen LogP contribution in [0.15, 0.2) is 41.5 Å². The zero-order valence-electron chi connectivity index (χ0n) is 12.4. The van der Waals surface area contributed by atoms with Gasteiger partial charge in [0.2, 0.25) is 0 Å². The molecule has 9 heteroatoms. The van der Waals surface area contributed by atoms with Gasteiger partial charge in [-0.05, 0) is 36.0 Å². The van der Waals surface area contributed by atoms with Gasteiger partial charge in [0.15, 0.2) is 0 Å². The van der Waals surface area contributed by atoms with E-state index in [1.807, 2.05) is 11.0 Å². The van der Waals surface area contributed by atoms with Crippen molar-refractivity contribution >= 4 is 52.1 Å². The van der Waals surface area contributed by atoms with Crippen molar-refractivity contribution in [2.45, 2.75) is 6.54 Å². The van der Waals surface area contributed by atoms with Gasteiger partial charge in [0, 0.05) is 19.2 Å². The first-order valence-corrected chi connectivity index (χ1v) is 8.00. The molecule has 0 fully saturated rings. The predicted octanol–water partition coefficient (Wildman–Crippen LogP) is 4.41. The molecule has 0 atom stereocenters. The summed E-state index contributed by atoms with van der Waals surface area (Å²) in [6.45, 7) is 1.45. The second-order valence-corrected chi connectivity index (χ2v) is 5.77. The van der Waals surface area contributed by atoms with Crippen LogP contribution in [0.2, 0.25) is 10.0 Å². The highest BCUT2D eigenvalue weighted by molar-refractivity contribution is 7.78. The Bertz CT molecular complexity index is 780. The molecule has 6 nitrogen and oxygen atoms in total. The number of nitrogens with zero attached hydrogens (tertiary/aromatic N) is 4. The van der Waals surface area contributed by atoms with Crippen LogP contribution in [-0.4, -0.2) is 28.2 Å². The molecule has 0 aliphatic heterocycles. The summed E-state index contributed by atoms with van der Waals surface area (Å²) in [5.74, 6) is 0.589. The Morgan fingerprint density at radius 3 is 2.67 bits per heavy atom. The van der Waals surface area contributed by atoms with Gasteiger partial charge >= 0.3 is 0 Å². The average molecular weight is 383 g/mol. The van der Waals surface area contributed by atoms with Gasteiger partial charge in [0.1, 0.15) is 12.0 Å². The smallest absolute Gasteiger partial charge is 0.287 e. The van der Waals surface area contributed by atoms with Crippen molar-refractivity contribution in [2.24, 2.45) is 4.99 Å². The van der Waals surface area contributed by atoms with Gasteiger partial charge in [0.25, 0.3) is 5.69 Å². The van der Waals surface area contributed by atoms with Crippen molar-refractivity contribution in [1.82, 2.24) is 4.98 Å². The molecular formula is C15H12Cl2N4O2S. The van der Waals surface area contributed by atoms with E-state index in [2.05, 4.69) is 27.4 Å². The number of halogens is 2. The first-order valence-electron chi connectivity index (χ1n) is 6.84. The molecule has 0 unspecified atom stereocenters. The fourth-order valence-electron chi connectivity index (χ4n) is 2.02. The number of hydrogen-bond donors (Lipinski definition) is 0. The van der Waals surface area contributed by atoms with Crippen molar-refractivity contribution in [3.05, 3.63) is 62.3 Å². The fourth-order valence-corrected chi connectivity index (χ4v) is 2.43. The Balaban J connectivity index is 2.24. The minimum Gasteiger partial charge on any atom is -0.350 e. The summed E-state index contributed by atoms with van der Waals surface area (Å²) in [5, 5.41) is 14.0. The fraction of sp³-hybridized carbons (Fsp3) is 0.200. The normalized spacial score (nSPS) is 10.1. The van der Waals surface area contributed by atoms with E-state index in [0.717, 1.165) is 5.56 Å². The number of aromatic nitrogens is 1. The Labute approximate surface area is 153 Å². The number of thiocarbonyl (C=S) groups is 1. The molecule has 0 bridgehead atoms. The minimum absolute atomic E-state index is 0.0647. The van der Waals surface area contributed by atoms with Crippen LogP contribution < -0.4 is 4.90 Å². The van der Waals surface area contributed by atoms with Crippen LogP contribution in [0.4, 0.5) is 11.5 Å². The third-order valence-electron chi connectivity index (χ3n) is 3.17. The largest absolute Gasteiger partial charge is 0.350 e. The Morgan fingerprint density at radius 2 is 2.08 bits per heavy atom. The summed E-state index contributed by atoms with van der Waals surface area (Å²) in [6.07, 6.45) is 1.22. The molecule has 0 N–H and O–H groups in total. The summed E-state index contributed by atoms with van der Waals surface area (Å²) in [5.41, 5.74) is 0.862. The maximum Gasteiger partial charge on any atom is 0.287 e. The maximum atomic E-state index is 10.7. The lowest BCUT2D eigenvalue weighted by Gasteiger charge is -2.23. The predicted molar refractivity (Wildman–Crippen MR) is 98.3 cm³/mol. The van der Waals surface area contributed by atoms with Crippen LogP contribution in [0.5, 0.6) is 0 Å². The molecule has 0 aliphatic rings. The van der Waals surface area contributed by atoms with Gasteiger partial charge < -0.3 is 4.90 Å². The molecule has 1 aromatic carbocycles. The molecule has 0 radical (unpaired) electrons. The lowest BCUT2D eigenvalue weighted by molar-refractivity contribution is -0.385. The molecular weight excluding hydrogens is 371 g/mol. The van der Waals surface area contributed by atoms with Gasteiger partial charge in [0.05, 0.1) is 26.7 Å². The SMILES string of the molecule is O=[N+]([O-])c1ccc(N(CCN=C=S)Cc2ccc(Cl)c(Cl)c2)nc1. The van der Waals surface area contributed by atoms with Crippen LogP contribution in [0.3, 0.4) is 0 Å². The average Bonchev–Trinajstić information content (AvgIpc) is 2.57. The van der Waals surface area contributed by atoms with Crippen LogP contribution in [0.1, 0.15) is 5.56 Å². The zero-order valence-corrected chi connectivity index (χ0v) is 14.7. The van der Waals surface area contributed by atoms with E-state index in [4.69, 9.17) is 23.2 Å². The van der Waals surface area contributed by atoms with Crippen molar-refractivity contribution in [2.75, 3.05) is 18.0 Å². The van der Waals surface area contributed by atoms with Gasteiger partial charge in [-0.1, -0.05) is 29.3 Å². The summed E-state index contributed by atoms with van der Waals surface area (Å²) >= 11 is 16.5. The topological polar surface area (TPSA) is 71.6 Å². The summed E-state index contributed by atoms with van der Waals surface area (Å²) in [7, 11) is 0. The van der Waals surface area contributed by atoms with E-state index < -0.39 is 4.92 Å². The molecule has 0 saturated carbocycles. The summed E-state index contributed by atoms with van der Waals surface area (Å²) in [6, 6.07) is 8.35. The van der Waals surface area contributed by atoms with E-state index in [1.54, 1.807) is 18.2 Å². The second kappa shape index (κ2) is 8.70. The van der Waals surface area contributed by atoms with E-state index >= 15 is 0 Å². The van der Waals surface area contributed by atoms with Gasteiger partial charge in [-0.2, -0.15) is 0 Å². The van der Waals surface area contributed by atoms with E-state index in [9.17, 15) is 10.1 Å². The molecule has 0 spiro atoms. The Hall–Kier alpha value is -2.05. The number of benzene rings is 1. The molecule has 2 aromatic rings. The standard InChI is InChI=1S/C15H12Cl2N4O2S/c16-13-3-1-11(7-14(13)17)9-20(6-5-18-10-24)15-4-2-12(8-19-15)21(22)23/h1-4,7-8H,5-6,9H2. The molecule has 1 heterocycles.